The number of halogens is 3. The van der Waals surface area contributed by atoms with Crippen molar-refractivity contribution in [3.63, 3.8) is 0 Å². The fourth-order valence-corrected chi connectivity index (χ4v) is 8.10. The second-order valence-corrected chi connectivity index (χ2v) is 13.3. The molecule has 6 nitrogen and oxygen atoms in total. The highest BCUT2D eigenvalue weighted by atomic mass is 32.2. The first-order valence-corrected chi connectivity index (χ1v) is 15.6. The van der Waals surface area contributed by atoms with Gasteiger partial charge in [-0.2, -0.15) is 17.5 Å². The first kappa shape index (κ1) is 30.5. The molecule has 0 radical (unpaired) electrons. The van der Waals surface area contributed by atoms with E-state index in [0.717, 1.165) is 44.2 Å². The summed E-state index contributed by atoms with van der Waals surface area (Å²) >= 11 is 0. The van der Waals surface area contributed by atoms with Gasteiger partial charge in [0.2, 0.25) is 15.9 Å². The molecular weight excluding hydrogens is 539 g/mol. The third-order valence-electron chi connectivity index (χ3n) is 8.39. The summed E-state index contributed by atoms with van der Waals surface area (Å²) in [5.41, 5.74) is 0.316. The van der Waals surface area contributed by atoms with Gasteiger partial charge in [-0.05, 0) is 88.2 Å². The Balaban J connectivity index is 1.32. The molecule has 4 rings (SSSR count). The maximum atomic E-state index is 13.3. The van der Waals surface area contributed by atoms with Crippen LogP contribution in [0, 0.1) is 11.8 Å². The van der Waals surface area contributed by atoms with E-state index in [1.807, 2.05) is 6.07 Å². The van der Waals surface area contributed by atoms with E-state index in [1.54, 1.807) is 0 Å². The molecule has 40 heavy (non-hydrogen) atoms. The lowest BCUT2D eigenvalue weighted by Crippen LogP contribution is -2.46. The van der Waals surface area contributed by atoms with Crippen molar-refractivity contribution in [2.45, 2.75) is 74.5 Å². The van der Waals surface area contributed by atoms with Crippen molar-refractivity contribution in [3.05, 3.63) is 65.7 Å². The summed E-state index contributed by atoms with van der Waals surface area (Å²) in [6.45, 7) is 0.742. The average molecular weight is 580 g/mol. The van der Waals surface area contributed by atoms with Gasteiger partial charge < -0.3 is 10.2 Å². The lowest BCUT2D eigenvalue weighted by molar-refractivity contribution is -0.137. The molecule has 10 heteroatoms. The predicted octanol–water partition coefficient (Wildman–Crippen LogP) is 5.86. The maximum Gasteiger partial charge on any atom is 0.416 e. The highest BCUT2D eigenvalue weighted by Crippen LogP contribution is 2.39. The van der Waals surface area contributed by atoms with E-state index < -0.39 is 32.7 Å². The van der Waals surface area contributed by atoms with Crippen molar-refractivity contribution in [1.29, 1.82) is 0 Å². The van der Waals surface area contributed by atoms with Crippen LogP contribution < -0.4 is 5.32 Å². The SMILES string of the molecule is CN(C)C(c1ccccc1)C1CCC(CNC(=O)CC2CCCCN2S(=O)(=O)c2cccc(C(F)(F)F)c2)CC1. The zero-order chi connectivity index (χ0) is 28.9. The lowest BCUT2D eigenvalue weighted by Gasteiger charge is -2.38. The Kier molecular flexibility index (Phi) is 9.95. The first-order valence-electron chi connectivity index (χ1n) is 14.1. The number of sulfonamides is 1. The summed E-state index contributed by atoms with van der Waals surface area (Å²) in [6, 6.07) is 14.1. The monoisotopic (exact) mass is 579 g/mol. The predicted molar refractivity (Wildman–Crippen MR) is 149 cm³/mol. The van der Waals surface area contributed by atoms with E-state index in [2.05, 4.69) is 48.6 Å². The molecule has 0 spiro atoms. The summed E-state index contributed by atoms with van der Waals surface area (Å²) < 4.78 is 67.5. The molecule has 2 aromatic rings. The number of benzene rings is 2. The van der Waals surface area contributed by atoms with E-state index in [0.29, 0.717) is 43.3 Å². The number of nitrogens with one attached hydrogen (secondary N) is 1. The van der Waals surface area contributed by atoms with E-state index >= 15 is 0 Å². The topological polar surface area (TPSA) is 69.7 Å². The highest BCUT2D eigenvalue weighted by molar-refractivity contribution is 7.89. The third-order valence-corrected chi connectivity index (χ3v) is 10.3. The van der Waals surface area contributed by atoms with Crippen LogP contribution in [0.5, 0.6) is 0 Å². The number of alkyl halides is 3. The van der Waals surface area contributed by atoms with Crippen molar-refractivity contribution < 1.29 is 26.4 Å². The smallest absolute Gasteiger partial charge is 0.356 e. The van der Waals surface area contributed by atoms with Crippen LogP contribution in [-0.2, 0) is 21.0 Å². The van der Waals surface area contributed by atoms with Crippen LogP contribution in [0.15, 0.2) is 59.5 Å². The molecule has 2 aliphatic rings. The largest absolute Gasteiger partial charge is 0.416 e. The van der Waals surface area contributed by atoms with Gasteiger partial charge in [-0.3, -0.25) is 4.79 Å². The molecule has 1 saturated carbocycles. The van der Waals surface area contributed by atoms with Gasteiger partial charge in [0, 0.05) is 31.6 Å². The molecule has 1 amide bonds. The Morgan fingerprint density at radius 1 is 1.00 bits per heavy atom. The molecule has 1 N–H and O–H groups in total. The van der Waals surface area contributed by atoms with Gasteiger partial charge in [-0.25, -0.2) is 8.42 Å². The standard InChI is InChI=1S/C30H40F3N3O3S/c1-35(2)29(23-9-4-3-5-10-23)24-16-14-22(15-17-24)21-34-28(37)20-26-12-6-7-18-36(26)40(38,39)27-13-8-11-25(19-27)30(31,32)33/h3-5,8-11,13,19,22,24,26,29H,6-7,12,14-18,20-21H2,1-2H3,(H,34,37). The average Bonchev–Trinajstić information content (AvgIpc) is 2.93. The molecule has 2 atom stereocenters. The van der Waals surface area contributed by atoms with Crippen LogP contribution in [0.4, 0.5) is 13.2 Å². The maximum absolute atomic E-state index is 13.3. The zero-order valence-corrected chi connectivity index (χ0v) is 24.1. The molecule has 1 saturated heterocycles. The van der Waals surface area contributed by atoms with E-state index in [9.17, 15) is 26.4 Å². The van der Waals surface area contributed by atoms with Gasteiger partial charge in [0.05, 0.1) is 10.5 Å². The highest BCUT2D eigenvalue weighted by Gasteiger charge is 2.37. The quantitative estimate of drug-likeness (QED) is 0.404. The molecule has 1 aliphatic heterocycles. The minimum atomic E-state index is -4.64. The number of hydrogen-bond acceptors (Lipinski definition) is 4. The summed E-state index contributed by atoms with van der Waals surface area (Å²) in [5, 5.41) is 3.02. The van der Waals surface area contributed by atoms with E-state index in [-0.39, 0.29) is 18.9 Å². The first-order chi connectivity index (χ1) is 19.0. The normalized spacial score (nSPS) is 23.6. The number of hydrogen-bond donors (Lipinski definition) is 1. The number of piperidine rings is 1. The van der Waals surface area contributed by atoms with Crippen molar-refractivity contribution >= 4 is 15.9 Å². The van der Waals surface area contributed by atoms with Gasteiger partial charge in [-0.1, -0.05) is 42.8 Å². The van der Waals surface area contributed by atoms with Crippen molar-refractivity contribution in [3.8, 4) is 0 Å². The fourth-order valence-electron chi connectivity index (χ4n) is 6.36. The summed E-state index contributed by atoms with van der Waals surface area (Å²) in [6.07, 6.45) is 1.42. The second kappa shape index (κ2) is 13.0. The van der Waals surface area contributed by atoms with E-state index in [4.69, 9.17) is 0 Å². The Labute approximate surface area is 236 Å². The van der Waals surface area contributed by atoms with Gasteiger partial charge in [-0.15, -0.1) is 0 Å². The van der Waals surface area contributed by atoms with Crippen molar-refractivity contribution in [2.24, 2.45) is 11.8 Å². The number of carbonyl (C=O) groups is 1. The molecule has 2 aromatic carbocycles. The Morgan fingerprint density at radius 2 is 1.70 bits per heavy atom. The number of nitrogens with zero attached hydrogens (tertiary/aromatic N) is 2. The second-order valence-electron chi connectivity index (χ2n) is 11.4. The molecule has 2 fully saturated rings. The third kappa shape index (κ3) is 7.44. The molecular formula is C30H40F3N3O3S. The Hall–Kier alpha value is -2.43. The Morgan fingerprint density at radius 3 is 2.35 bits per heavy atom. The summed E-state index contributed by atoms with van der Waals surface area (Å²) in [5.74, 6) is 0.699. The van der Waals surface area contributed by atoms with Crippen LogP contribution in [0.1, 0.15) is 68.5 Å². The van der Waals surface area contributed by atoms with E-state index in [1.165, 1.54) is 15.9 Å². The van der Waals surface area contributed by atoms with Gasteiger partial charge in [0.25, 0.3) is 0 Å². The number of rotatable bonds is 9. The van der Waals surface area contributed by atoms with Crippen LogP contribution in [0.25, 0.3) is 0 Å². The lowest BCUT2D eigenvalue weighted by atomic mass is 9.76. The number of carbonyl (C=O) groups excluding carboxylic acids is 1. The summed E-state index contributed by atoms with van der Waals surface area (Å²) in [4.78, 5) is 14.8. The van der Waals surface area contributed by atoms with Crippen molar-refractivity contribution in [1.82, 2.24) is 14.5 Å². The van der Waals surface area contributed by atoms with Gasteiger partial charge >= 0.3 is 6.18 Å². The van der Waals surface area contributed by atoms with Crippen LogP contribution in [-0.4, -0.2) is 56.8 Å². The minimum Gasteiger partial charge on any atom is -0.356 e. The molecule has 220 valence electrons. The zero-order valence-electron chi connectivity index (χ0n) is 23.2. The van der Waals surface area contributed by atoms with Crippen LogP contribution in [0.3, 0.4) is 0 Å². The molecule has 1 heterocycles. The van der Waals surface area contributed by atoms with Crippen molar-refractivity contribution in [2.75, 3.05) is 27.2 Å². The number of amides is 1. The van der Waals surface area contributed by atoms with Gasteiger partial charge in [0.15, 0.2) is 0 Å². The molecule has 1 aliphatic carbocycles. The molecule has 0 bridgehead atoms. The summed E-state index contributed by atoms with van der Waals surface area (Å²) in [7, 11) is 0.0636. The van der Waals surface area contributed by atoms with Crippen LogP contribution >= 0.6 is 0 Å². The molecule has 0 aromatic heterocycles. The van der Waals surface area contributed by atoms with Gasteiger partial charge in [0.1, 0.15) is 0 Å². The fraction of sp³-hybridized carbons (Fsp3) is 0.567. The minimum absolute atomic E-state index is 0.00421. The molecule has 2 unspecified atom stereocenters. The Bertz CT molecular complexity index is 1230. The van der Waals surface area contributed by atoms with Crippen LogP contribution in [0.2, 0.25) is 0 Å².